The molecule has 0 spiro atoms. The molecular formula is C18H25N3O5. The lowest BCUT2D eigenvalue weighted by Crippen LogP contribution is -2.48. The van der Waals surface area contributed by atoms with Crippen molar-refractivity contribution >= 4 is 17.9 Å². The summed E-state index contributed by atoms with van der Waals surface area (Å²) in [6.45, 7) is 0.213. The number of methoxy groups -OCH3 is 1. The Kier molecular flexibility index (Phi) is 7.40. The number of hydrogen-bond donors (Lipinski definition) is 3. The minimum Gasteiger partial charge on any atom is -0.465 e. The Labute approximate surface area is 152 Å². The first-order valence-electron chi connectivity index (χ1n) is 8.62. The van der Waals surface area contributed by atoms with Crippen LogP contribution in [0.2, 0.25) is 0 Å². The Hall–Kier alpha value is -2.61. The normalized spacial score (nSPS) is 19.4. The number of hydrogen-bond acceptors (Lipinski definition) is 4. The molecule has 3 amide bonds. The molecule has 1 fully saturated rings. The SMILES string of the molecule is COCC(=O)NNC(=O)C1CCC(N(Cc2ccccc2)C(=O)O)CC1. The van der Waals surface area contributed by atoms with E-state index in [0.29, 0.717) is 32.2 Å². The van der Waals surface area contributed by atoms with Crippen molar-refractivity contribution in [3.8, 4) is 0 Å². The van der Waals surface area contributed by atoms with Gasteiger partial charge in [0.25, 0.3) is 5.91 Å². The standard InChI is InChI=1S/C18H25N3O5/c1-26-12-16(22)19-20-17(23)14-7-9-15(10-8-14)21(18(24)25)11-13-5-3-2-4-6-13/h2-6,14-15H,7-12H2,1H3,(H,19,22)(H,20,23)(H,24,25). The van der Waals surface area contributed by atoms with Crippen molar-refractivity contribution in [1.29, 1.82) is 0 Å². The van der Waals surface area contributed by atoms with Crippen molar-refractivity contribution in [1.82, 2.24) is 15.8 Å². The molecule has 2 rings (SSSR count). The molecule has 0 bridgehead atoms. The van der Waals surface area contributed by atoms with Gasteiger partial charge in [0, 0.05) is 25.6 Å². The van der Waals surface area contributed by atoms with E-state index in [1.165, 1.54) is 12.0 Å². The van der Waals surface area contributed by atoms with Crippen molar-refractivity contribution in [2.45, 2.75) is 38.3 Å². The summed E-state index contributed by atoms with van der Waals surface area (Å²) in [5.74, 6) is -0.909. The zero-order chi connectivity index (χ0) is 18.9. The van der Waals surface area contributed by atoms with E-state index in [-0.39, 0.29) is 24.5 Å². The third kappa shape index (κ3) is 5.73. The summed E-state index contributed by atoms with van der Waals surface area (Å²) in [7, 11) is 1.40. The van der Waals surface area contributed by atoms with Gasteiger partial charge in [-0.2, -0.15) is 0 Å². The minimum absolute atomic E-state index is 0.111. The molecule has 0 heterocycles. The summed E-state index contributed by atoms with van der Waals surface area (Å²) in [5.41, 5.74) is 5.63. The van der Waals surface area contributed by atoms with Gasteiger partial charge in [-0.1, -0.05) is 30.3 Å². The topological polar surface area (TPSA) is 108 Å². The molecule has 0 radical (unpaired) electrons. The van der Waals surface area contributed by atoms with Crippen molar-refractivity contribution in [2.75, 3.05) is 13.7 Å². The van der Waals surface area contributed by atoms with Crippen LogP contribution in [0.5, 0.6) is 0 Å². The lowest BCUT2D eigenvalue weighted by Gasteiger charge is -2.35. The number of nitrogens with one attached hydrogen (secondary N) is 2. The minimum atomic E-state index is -0.950. The van der Waals surface area contributed by atoms with E-state index in [4.69, 9.17) is 0 Å². The summed E-state index contributed by atoms with van der Waals surface area (Å²) in [6.07, 6.45) is 1.44. The lowest BCUT2D eigenvalue weighted by atomic mass is 9.85. The number of ether oxygens (including phenoxy) is 1. The van der Waals surface area contributed by atoms with Crippen molar-refractivity contribution in [3.63, 3.8) is 0 Å². The summed E-state index contributed by atoms with van der Waals surface area (Å²) in [6, 6.07) is 9.35. The van der Waals surface area contributed by atoms with Gasteiger partial charge < -0.3 is 14.7 Å². The molecule has 1 saturated carbocycles. The third-order valence-electron chi connectivity index (χ3n) is 4.55. The highest BCUT2D eigenvalue weighted by Crippen LogP contribution is 2.28. The summed E-state index contributed by atoms with van der Waals surface area (Å²) in [4.78, 5) is 36.5. The van der Waals surface area contributed by atoms with Gasteiger partial charge in [0.2, 0.25) is 5.91 Å². The van der Waals surface area contributed by atoms with Gasteiger partial charge in [-0.3, -0.25) is 20.4 Å². The molecule has 3 N–H and O–H groups in total. The van der Waals surface area contributed by atoms with Gasteiger partial charge in [0.1, 0.15) is 6.61 Å². The van der Waals surface area contributed by atoms with Crippen LogP contribution in [0.4, 0.5) is 4.79 Å². The van der Waals surface area contributed by atoms with E-state index < -0.39 is 12.0 Å². The van der Waals surface area contributed by atoms with Crippen molar-refractivity contribution in [2.24, 2.45) is 5.92 Å². The van der Waals surface area contributed by atoms with Crippen LogP contribution in [0, 0.1) is 5.92 Å². The smallest absolute Gasteiger partial charge is 0.407 e. The van der Waals surface area contributed by atoms with E-state index in [9.17, 15) is 19.5 Å². The molecule has 0 unspecified atom stereocenters. The van der Waals surface area contributed by atoms with Gasteiger partial charge in [-0.15, -0.1) is 0 Å². The first-order valence-corrected chi connectivity index (χ1v) is 8.62. The Morgan fingerprint density at radius 2 is 1.77 bits per heavy atom. The van der Waals surface area contributed by atoms with Gasteiger partial charge >= 0.3 is 6.09 Å². The van der Waals surface area contributed by atoms with E-state index in [0.717, 1.165) is 5.56 Å². The van der Waals surface area contributed by atoms with E-state index in [1.54, 1.807) is 0 Å². The molecule has 1 aromatic rings. The average Bonchev–Trinajstić information content (AvgIpc) is 2.65. The first-order chi connectivity index (χ1) is 12.5. The fourth-order valence-corrected chi connectivity index (χ4v) is 3.18. The third-order valence-corrected chi connectivity index (χ3v) is 4.55. The Bertz CT molecular complexity index is 615. The molecule has 8 nitrogen and oxygen atoms in total. The molecule has 0 aliphatic heterocycles. The highest BCUT2D eigenvalue weighted by Gasteiger charge is 2.31. The van der Waals surface area contributed by atoms with Crippen molar-refractivity contribution in [3.05, 3.63) is 35.9 Å². The monoisotopic (exact) mass is 363 g/mol. The highest BCUT2D eigenvalue weighted by molar-refractivity contribution is 5.83. The van der Waals surface area contributed by atoms with Gasteiger partial charge in [-0.05, 0) is 31.2 Å². The summed E-state index contributed by atoms with van der Waals surface area (Å²) >= 11 is 0. The number of amides is 3. The average molecular weight is 363 g/mol. The molecule has 1 aliphatic carbocycles. The van der Waals surface area contributed by atoms with Crippen LogP contribution in [0.3, 0.4) is 0 Å². The van der Waals surface area contributed by atoms with E-state index >= 15 is 0 Å². The molecule has 8 heteroatoms. The predicted octanol–water partition coefficient (Wildman–Crippen LogP) is 1.52. The van der Waals surface area contributed by atoms with Gasteiger partial charge in [0.15, 0.2) is 0 Å². The largest absolute Gasteiger partial charge is 0.465 e. The van der Waals surface area contributed by atoms with Crippen LogP contribution in [0.15, 0.2) is 30.3 Å². The van der Waals surface area contributed by atoms with Crippen LogP contribution >= 0.6 is 0 Å². The molecule has 0 aromatic heterocycles. The lowest BCUT2D eigenvalue weighted by molar-refractivity contribution is -0.133. The summed E-state index contributed by atoms with van der Waals surface area (Å²) < 4.78 is 4.67. The van der Waals surface area contributed by atoms with Crippen LogP contribution < -0.4 is 10.9 Å². The number of nitrogens with zero attached hydrogens (tertiary/aromatic N) is 1. The maximum Gasteiger partial charge on any atom is 0.407 e. The number of carbonyl (C=O) groups excluding carboxylic acids is 2. The second-order valence-corrected chi connectivity index (χ2v) is 6.37. The number of hydrazine groups is 1. The maximum atomic E-state index is 12.1. The zero-order valence-corrected chi connectivity index (χ0v) is 14.8. The Morgan fingerprint density at radius 1 is 1.12 bits per heavy atom. The van der Waals surface area contributed by atoms with Gasteiger partial charge in [-0.25, -0.2) is 4.79 Å². The molecule has 0 saturated heterocycles. The number of benzene rings is 1. The summed E-state index contributed by atoms with van der Waals surface area (Å²) in [5, 5.41) is 9.55. The Balaban J connectivity index is 1.84. The van der Waals surface area contributed by atoms with Crippen LogP contribution in [0.1, 0.15) is 31.2 Å². The quantitative estimate of drug-likeness (QED) is 0.664. The Morgan fingerprint density at radius 3 is 2.35 bits per heavy atom. The van der Waals surface area contributed by atoms with E-state index in [1.807, 2.05) is 30.3 Å². The van der Waals surface area contributed by atoms with E-state index in [2.05, 4.69) is 15.6 Å². The fraction of sp³-hybridized carbons (Fsp3) is 0.500. The second kappa shape index (κ2) is 9.76. The molecule has 0 atom stereocenters. The van der Waals surface area contributed by atoms with Crippen LogP contribution in [0.25, 0.3) is 0 Å². The molecule has 142 valence electrons. The van der Waals surface area contributed by atoms with Crippen LogP contribution in [-0.4, -0.2) is 47.7 Å². The number of rotatable bonds is 6. The van der Waals surface area contributed by atoms with Crippen LogP contribution in [-0.2, 0) is 20.9 Å². The number of carboxylic acid groups (broad SMARTS) is 1. The van der Waals surface area contributed by atoms with Gasteiger partial charge in [0.05, 0.1) is 0 Å². The molecular weight excluding hydrogens is 338 g/mol. The molecule has 26 heavy (non-hydrogen) atoms. The first kappa shape index (κ1) is 19.7. The molecule has 1 aromatic carbocycles. The number of carbonyl (C=O) groups is 3. The zero-order valence-electron chi connectivity index (χ0n) is 14.8. The second-order valence-electron chi connectivity index (χ2n) is 6.37. The predicted molar refractivity (Wildman–Crippen MR) is 93.9 cm³/mol. The maximum absolute atomic E-state index is 12.1. The fourth-order valence-electron chi connectivity index (χ4n) is 3.18. The highest BCUT2D eigenvalue weighted by atomic mass is 16.5. The molecule has 1 aliphatic rings. The van der Waals surface area contributed by atoms with Crippen molar-refractivity contribution < 1.29 is 24.2 Å².